The standard InChI is InChI=1S/C10H7F2NO/c11-8-5-9-7(2-4-14-9)10(12)6(8)1-3-13/h5H,1-2,4H2. The lowest BCUT2D eigenvalue weighted by atomic mass is 10.0. The summed E-state index contributed by atoms with van der Waals surface area (Å²) in [5, 5.41) is 8.40. The van der Waals surface area contributed by atoms with Crippen LogP contribution in [0.2, 0.25) is 0 Å². The van der Waals surface area contributed by atoms with Crippen LogP contribution in [-0.2, 0) is 12.8 Å². The third-order valence-electron chi connectivity index (χ3n) is 2.24. The molecular weight excluding hydrogens is 188 g/mol. The molecule has 0 unspecified atom stereocenters. The van der Waals surface area contributed by atoms with Crippen LogP contribution in [0.4, 0.5) is 8.78 Å². The molecule has 0 fully saturated rings. The summed E-state index contributed by atoms with van der Waals surface area (Å²) in [6, 6.07) is 2.89. The quantitative estimate of drug-likeness (QED) is 0.686. The largest absolute Gasteiger partial charge is 0.493 e. The van der Waals surface area contributed by atoms with Crippen LogP contribution in [0.3, 0.4) is 0 Å². The first-order chi connectivity index (χ1) is 6.74. The SMILES string of the molecule is N#CCc1c(F)cc2c(c1F)CCO2. The van der Waals surface area contributed by atoms with E-state index < -0.39 is 11.6 Å². The van der Waals surface area contributed by atoms with Gasteiger partial charge in [0.25, 0.3) is 0 Å². The maximum Gasteiger partial charge on any atom is 0.137 e. The predicted octanol–water partition coefficient (Wildman–Crippen LogP) is 1.97. The summed E-state index contributed by atoms with van der Waals surface area (Å²) < 4.78 is 31.8. The molecule has 0 aromatic heterocycles. The van der Waals surface area contributed by atoms with Crippen molar-refractivity contribution in [2.45, 2.75) is 12.8 Å². The molecule has 1 aromatic carbocycles. The van der Waals surface area contributed by atoms with E-state index in [4.69, 9.17) is 10.00 Å². The number of benzene rings is 1. The summed E-state index contributed by atoms with van der Waals surface area (Å²) in [6.07, 6.45) is 0.199. The van der Waals surface area contributed by atoms with Gasteiger partial charge in [0.1, 0.15) is 17.4 Å². The van der Waals surface area contributed by atoms with Crippen LogP contribution in [0.25, 0.3) is 0 Å². The molecular formula is C10H7F2NO. The summed E-state index contributed by atoms with van der Waals surface area (Å²) in [5.41, 5.74) is 0.230. The number of hydrogen-bond acceptors (Lipinski definition) is 2. The van der Waals surface area contributed by atoms with Gasteiger partial charge in [-0.05, 0) is 0 Å². The summed E-state index contributed by atoms with van der Waals surface area (Å²) in [7, 11) is 0. The lowest BCUT2D eigenvalue weighted by molar-refractivity contribution is 0.355. The van der Waals surface area contributed by atoms with Gasteiger partial charge >= 0.3 is 0 Å². The number of nitrogens with zero attached hydrogens (tertiary/aromatic N) is 1. The van der Waals surface area contributed by atoms with Gasteiger partial charge in [0.05, 0.1) is 19.1 Å². The monoisotopic (exact) mass is 195 g/mol. The maximum atomic E-state index is 13.6. The summed E-state index contributed by atoms with van der Waals surface area (Å²) in [5.74, 6) is -1.06. The minimum Gasteiger partial charge on any atom is -0.493 e. The van der Waals surface area contributed by atoms with Crippen LogP contribution in [0.15, 0.2) is 6.07 Å². The first-order valence-corrected chi connectivity index (χ1v) is 4.23. The van der Waals surface area contributed by atoms with Gasteiger partial charge in [-0.2, -0.15) is 5.26 Å². The smallest absolute Gasteiger partial charge is 0.137 e. The van der Waals surface area contributed by atoms with Crippen molar-refractivity contribution in [2.24, 2.45) is 0 Å². The molecule has 72 valence electrons. The molecule has 2 nitrogen and oxygen atoms in total. The fraction of sp³-hybridized carbons (Fsp3) is 0.300. The van der Waals surface area contributed by atoms with E-state index in [9.17, 15) is 8.78 Å². The Bertz CT molecular complexity index is 423. The van der Waals surface area contributed by atoms with Crippen LogP contribution in [0.1, 0.15) is 11.1 Å². The molecule has 0 saturated heterocycles. The number of fused-ring (bicyclic) bond motifs is 1. The van der Waals surface area contributed by atoms with Crippen molar-refractivity contribution in [3.63, 3.8) is 0 Å². The van der Waals surface area contributed by atoms with Crippen molar-refractivity contribution < 1.29 is 13.5 Å². The van der Waals surface area contributed by atoms with Gasteiger partial charge in [-0.25, -0.2) is 8.78 Å². The molecule has 0 aliphatic carbocycles. The highest BCUT2D eigenvalue weighted by molar-refractivity contribution is 5.43. The van der Waals surface area contributed by atoms with Crippen LogP contribution >= 0.6 is 0 Å². The van der Waals surface area contributed by atoms with Gasteiger partial charge in [-0.15, -0.1) is 0 Å². The topological polar surface area (TPSA) is 33.0 Å². The average molecular weight is 195 g/mol. The Kier molecular flexibility index (Phi) is 2.08. The van der Waals surface area contributed by atoms with Crippen molar-refractivity contribution in [1.29, 1.82) is 5.26 Å². The van der Waals surface area contributed by atoms with Crippen molar-refractivity contribution in [1.82, 2.24) is 0 Å². The Balaban J connectivity index is 2.58. The maximum absolute atomic E-state index is 13.6. The van der Waals surface area contributed by atoms with Gasteiger partial charge in [0.15, 0.2) is 0 Å². The molecule has 1 aromatic rings. The first-order valence-electron chi connectivity index (χ1n) is 4.23. The van der Waals surface area contributed by atoms with E-state index in [1.807, 2.05) is 0 Å². The highest BCUT2D eigenvalue weighted by Crippen LogP contribution is 2.31. The Morgan fingerprint density at radius 1 is 1.50 bits per heavy atom. The van der Waals surface area contributed by atoms with E-state index in [1.165, 1.54) is 0 Å². The van der Waals surface area contributed by atoms with Crippen molar-refractivity contribution in [3.8, 4) is 11.8 Å². The van der Waals surface area contributed by atoms with E-state index in [0.717, 1.165) is 6.07 Å². The molecule has 0 bridgehead atoms. The van der Waals surface area contributed by atoms with Gasteiger partial charge in [0.2, 0.25) is 0 Å². The number of rotatable bonds is 1. The van der Waals surface area contributed by atoms with Crippen LogP contribution < -0.4 is 4.74 Å². The minimum atomic E-state index is -0.704. The first kappa shape index (κ1) is 8.95. The Morgan fingerprint density at radius 2 is 2.29 bits per heavy atom. The van der Waals surface area contributed by atoms with E-state index in [0.29, 0.717) is 18.6 Å². The number of nitriles is 1. The Labute approximate surface area is 79.7 Å². The number of hydrogen-bond donors (Lipinski definition) is 0. The molecule has 1 aliphatic heterocycles. The minimum absolute atomic E-state index is 0.156. The highest BCUT2D eigenvalue weighted by atomic mass is 19.1. The van der Waals surface area contributed by atoms with E-state index in [2.05, 4.69) is 0 Å². The summed E-state index contributed by atoms with van der Waals surface area (Å²) in [4.78, 5) is 0. The Morgan fingerprint density at radius 3 is 3.00 bits per heavy atom. The zero-order valence-corrected chi connectivity index (χ0v) is 7.31. The molecule has 0 N–H and O–H groups in total. The number of halogens is 2. The second-order valence-electron chi connectivity index (χ2n) is 3.06. The fourth-order valence-electron chi connectivity index (χ4n) is 1.55. The number of ether oxygens (including phenoxy) is 1. The van der Waals surface area contributed by atoms with Crippen LogP contribution in [0.5, 0.6) is 5.75 Å². The van der Waals surface area contributed by atoms with Gasteiger partial charge < -0.3 is 4.74 Å². The molecule has 2 rings (SSSR count). The average Bonchev–Trinajstić information content (AvgIpc) is 2.60. The van der Waals surface area contributed by atoms with Crippen molar-refractivity contribution >= 4 is 0 Å². The van der Waals surface area contributed by atoms with Crippen molar-refractivity contribution in [3.05, 3.63) is 28.8 Å². The van der Waals surface area contributed by atoms with Crippen LogP contribution in [-0.4, -0.2) is 6.61 Å². The molecule has 1 aliphatic rings. The van der Waals surface area contributed by atoms with E-state index in [1.54, 1.807) is 6.07 Å². The molecule has 0 radical (unpaired) electrons. The summed E-state index contributed by atoms with van der Waals surface area (Å²) >= 11 is 0. The molecule has 1 heterocycles. The summed E-state index contributed by atoms with van der Waals surface area (Å²) in [6.45, 7) is 0.377. The predicted molar refractivity (Wildman–Crippen MR) is 44.9 cm³/mol. The van der Waals surface area contributed by atoms with Gasteiger partial charge in [-0.1, -0.05) is 0 Å². The van der Waals surface area contributed by atoms with Crippen LogP contribution in [0, 0.1) is 23.0 Å². The third kappa shape index (κ3) is 1.22. The lowest BCUT2D eigenvalue weighted by Gasteiger charge is -2.05. The molecule has 14 heavy (non-hydrogen) atoms. The second kappa shape index (κ2) is 3.26. The fourth-order valence-corrected chi connectivity index (χ4v) is 1.55. The molecule has 0 saturated carbocycles. The second-order valence-corrected chi connectivity index (χ2v) is 3.06. The zero-order chi connectivity index (χ0) is 10.1. The normalized spacial score (nSPS) is 13.2. The van der Waals surface area contributed by atoms with E-state index >= 15 is 0 Å². The lowest BCUT2D eigenvalue weighted by Crippen LogP contribution is -1.98. The van der Waals surface area contributed by atoms with Gasteiger partial charge in [0, 0.05) is 23.6 Å². The highest BCUT2D eigenvalue weighted by Gasteiger charge is 2.22. The third-order valence-corrected chi connectivity index (χ3v) is 2.24. The molecule has 0 spiro atoms. The van der Waals surface area contributed by atoms with Crippen molar-refractivity contribution in [2.75, 3.05) is 6.61 Å². The molecule has 0 amide bonds. The zero-order valence-electron chi connectivity index (χ0n) is 7.31. The van der Waals surface area contributed by atoms with E-state index in [-0.39, 0.29) is 17.7 Å². The van der Waals surface area contributed by atoms with Gasteiger partial charge in [-0.3, -0.25) is 0 Å². The molecule has 4 heteroatoms. The molecule has 0 atom stereocenters. The Hall–Kier alpha value is -1.63.